The number of anilines is 1. The van der Waals surface area contributed by atoms with Crippen molar-refractivity contribution in [3.63, 3.8) is 0 Å². The highest BCUT2D eigenvalue weighted by atomic mass is 19.1. The number of nitrogens with one attached hydrogen (secondary N) is 1. The van der Waals surface area contributed by atoms with E-state index in [1.165, 1.54) is 12.1 Å². The van der Waals surface area contributed by atoms with E-state index >= 15 is 0 Å². The monoisotopic (exact) mass is 438 g/mol. The maximum Gasteiger partial charge on any atom is 0.317 e. The summed E-state index contributed by atoms with van der Waals surface area (Å²) in [6.07, 6.45) is 3.35. The molecule has 2 amide bonds. The minimum atomic E-state index is -0.327. The number of benzene rings is 1. The molecule has 1 fully saturated rings. The van der Waals surface area contributed by atoms with E-state index < -0.39 is 0 Å². The summed E-state index contributed by atoms with van der Waals surface area (Å²) >= 11 is 0. The van der Waals surface area contributed by atoms with Crippen molar-refractivity contribution in [1.82, 2.24) is 24.8 Å². The molecule has 3 aromatic rings. The van der Waals surface area contributed by atoms with Gasteiger partial charge in [-0.15, -0.1) is 0 Å². The number of halogens is 1. The average molecular weight is 439 g/mol. The van der Waals surface area contributed by atoms with Gasteiger partial charge >= 0.3 is 6.03 Å². The molecule has 32 heavy (non-hydrogen) atoms. The predicted molar refractivity (Wildman–Crippen MR) is 121 cm³/mol. The summed E-state index contributed by atoms with van der Waals surface area (Å²) in [6.45, 7) is 6.92. The Morgan fingerprint density at radius 1 is 1.19 bits per heavy atom. The molecule has 4 rings (SSSR count). The lowest BCUT2D eigenvalue weighted by Gasteiger charge is -2.35. The molecule has 0 saturated carbocycles. The summed E-state index contributed by atoms with van der Waals surface area (Å²) in [4.78, 5) is 38.2. The van der Waals surface area contributed by atoms with E-state index in [1.54, 1.807) is 34.0 Å². The first-order valence-electron chi connectivity index (χ1n) is 10.8. The molecule has 0 atom stereocenters. The summed E-state index contributed by atoms with van der Waals surface area (Å²) in [5, 5.41) is 2.83. The van der Waals surface area contributed by atoms with Crippen LogP contribution < -0.4 is 15.8 Å². The number of carbonyl (C=O) groups is 1. The Bertz CT molecular complexity index is 1170. The number of rotatable bonds is 5. The number of aromatic nitrogens is 3. The zero-order valence-electron chi connectivity index (χ0n) is 18.3. The van der Waals surface area contributed by atoms with E-state index in [1.807, 2.05) is 11.0 Å². The number of carbonyl (C=O) groups excluding carboxylic acids is 1. The van der Waals surface area contributed by atoms with Crippen molar-refractivity contribution in [1.29, 1.82) is 0 Å². The summed E-state index contributed by atoms with van der Waals surface area (Å²) in [6, 6.07) is 7.77. The first-order chi connectivity index (χ1) is 15.4. The third-order valence-corrected chi connectivity index (χ3v) is 5.48. The van der Waals surface area contributed by atoms with E-state index in [-0.39, 0.29) is 24.0 Å². The lowest BCUT2D eigenvalue weighted by molar-refractivity contribution is 0.193. The van der Waals surface area contributed by atoms with Gasteiger partial charge in [-0.2, -0.15) is 0 Å². The van der Waals surface area contributed by atoms with E-state index in [9.17, 15) is 14.0 Å². The van der Waals surface area contributed by atoms with Gasteiger partial charge in [0.2, 0.25) is 0 Å². The maximum atomic E-state index is 13.3. The fourth-order valence-corrected chi connectivity index (χ4v) is 3.88. The van der Waals surface area contributed by atoms with E-state index in [0.29, 0.717) is 50.0 Å². The second-order valence-corrected chi connectivity index (χ2v) is 8.37. The smallest absolute Gasteiger partial charge is 0.317 e. The second-order valence-electron chi connectivity index (χ2n) is 8.37. The average Bonchev–Trinajstić information content (AvgIpc) is 2.79. The first-order valence-corrected chi connectivity index (χ1v) is 10.8. The minimum Gasteiger partial charge on any atom is -0.348 e. The molecular weight excluding hydrogens is 411 g/mol. The summed E-state index contributed by atoms with van der Waals surface area (Å²) in [7, 11) is 0. The fraction of sp³-hybridized carbons (Fsp3) is 0.391. The number of hydrogen-bond donors (Lipinski definition) is 1. The summed E-state index contributed by atoms with van der Waals surface area (Å²) < 4.78 is 15.1. The van der Waals surface area contributed by atoms with Crippen LogP contribution in [0.2, 0.25) is 0 Å². The zero-order valence-corrected chi connectivity index (χ0v) is 18.3. The van der Waals surface area contributed by atoms with Gasteiger partial charge in [-0.3, -0.25) is 9.78 Å². The number of nitrogens with zero attached hydrogens (tertiary/aromatic N) is 5. The van der Waals surface area contributed by atoms with Crippen LogP contribution >= 0.6 is 0 Å². The molecule has 0 radical (unpaired) electrons. The van der Waals surface area contributed by atoms with Crippen LogP contribution in [0.4, 0.5) is 15.0 Å². The van der Waals surface area contributed by atoms with Gasteiger partial charge in [0.05, 0.1) is 17.2 Å². The van der Waals surface area contributed by atoms with Crippen molar-refractivity contribution in [2.45, 2.75) is 26.9 Å². The predicted octanol–water partition coefficient (Wildman–Crippen LogP) is 2.62. The molecule has 9 heteroatoms. The van der Waals surface area contributed by atoms with Gasteiger partial charge in [0.1, 0.15) is 5.82 Å². The van der Waals surface area contributed by atoms with E-state index in [0.717, 1.165) is 11.0 Å². The normalized spacial score (nSPS) is 14.2. The third kappa shape index (κ3) is 4.71. The third-order valence-electron chi connectivity index (χ3n) is 5.48. The van der Waals surface area contributed by atoms with Crippen molar-refractivity contribution < 1.29 is 9.18 Å². The molecule has 2 aromatic heterocycles. The van der Waals surface area contributed by atoms with Crippen LogP contribution in [0.3, 0.4) is 0 Å². The Morgan fingerprint density at radius 3 is 2.69 bits per heavy atom. The second kappa shape index (κ2) is 9.33. The van der Waals surface area contributed by atoms with Gasteiger partial charge in [0.15, 0.2) is 5.82 Å². The molecule has 0 bridgehead atoms. The van der Waals surface area contributed by atoms with Crippen molar-refractivity contribution in [2.24, 2.45) is 5.92 Å². The summed E-state index contributed by atoms with van der Waals surface area (Å²) in [5.41, 5.74) is 2.02. The molecule has 0 unspecified atom stereocenters. The lowest BCUT2D eigenvalue weighted by Crippen LogP contribution is -2.53. The van der Waals surface area contributed by atoms with Gasteiger partial charge in [-0.05, 0) is 29.7 Å². The molecule has 1 saturated heterocycles. The number of piperazine rings is 1. The van der Waals surface area contributed by atoms with Gasteiger partial charge in [-0.1, -0.05) is 26.0 Å². The van der Waals surface area contributed by atoms with Crippen LogP contribution in [0.25, 0.3) is 11.0 Å². The highest BCUT2D eigenvalue weighted by Gasteiger charge is 2.25. The molecule has 3 heterocycles. The Balaban J connectivity index is 1.45. The molecule has 1 N–H and O–H groups in total. The number of pyridine rings is 1. The Labute approximate surface area is 185 Å². The lowest BCUT2D eigenvalue weighted by atomic mass is 10.2. The standard InChI is InChI=1S/C23H27FN6O2/c1-16(2)15-30-20-14-25-7-6-19(20)27-21(22(30)31)28-8-10-29(11-9-28)23(32)26-13-17-4-3-5-18(24)12-17/h3-7,12,14,16H,8-11,13,15H2,1-2H3,(H,26,32). The molecular formula is C23H27FN6O2. The molecule has 8 nitrogen and oxygen atoms in total. The number of hydrogen-bond acceptors (Lipinski definition) is 5. The van der Waals surface area contributed by atoms with Crippen molar-refractivity contribution in [3.05, 3.63) is 64.5 Å². The minimum absolute atomic E-state index is 0.136. The summed E-state index contributed by atoms with van der Waals surface area (Å²) in [5.74, 6) is 0.376. The van der Waals surface area contributed by atoms with Gasteiger partial charge in [0.25, 0.3) is 5.56 Å². The van der Waals surface area contributed by atoms with Crippen LogP contribution in [0.5, 0.6) is 0 Å². The molecule has 168 valence electrons. The van der Waals surface area contributed by atoms with Crippen molar-refractivity contribution >= 4 is 22.9 Å². The maximum absolute atomic E-state index is 13.3. The van der Waals surface area contributed by atoms with Crippen molar-refractivity contribution in [3.8, 4) is 0 Å². The molecule has 0 aliphatic carbocycles. The largest absolute Gasteiger partial charge is 0.348 e. The number of fused-ring (bicyclic) bond motifs is 1. The first kappa shape index (κ1) is 21.7. The molecule has 1 aliphatic heterocycles. The Morgan fingerprint density at radius 2 is 1.97 bits per heavy atom. The number of urea groups is 1. The zero-order chi connectivity index (χ0) is 22.7. The topological polar surface area (TPSA) is 83.4 Å². The van der Waals surface area contributed by atoms with Crippen molar-refractivity contribution in [2.75, 3.05) is 31.1 Å². The Kier molecular flexibility index (Phi) is 6.34. The molecule has 1 aromatic carbocycles. The van der Waals surface area contributed by atoms with E-state index in [4.69, 9.17) is 0 Å². The Hall–Kier alpha value is -3.49. The van der Waals surface area contributed by atoms with Gasteiger partial charge in [0, 0.05) is 45.5 Å². The highest BCUT2D eigenvalue weighted by molar-refractivity contribution is 5.76. The van der Waals surface area contributed by atoms with Crippen LogP contribution in [0, 0.1) is 11.7 Å². The SMILES string of the molecule is CC(C)Cn1c(=O)c(N2CCN(C(=O)NCc3cccc(F)c3)CC2)nc2ccncc21. The fourth-order valence-electron chi connectivity index (χ4n) is 3.88. The molecule has 1 aliphatic rings. The van der Waals surface area contributed by atoms with E-state index in [2.05, 4.69) is 29.1 Å². The molecule has 0 spiro atoms. The van der Waals surface area contributed by atoms with Gasteiger partial charge < -0.3 is 19.7 Å². The van der Waals surface area contributed by atoms with Crippen LogP contribution in [0.15, 0.2) is 47.5 Å². The van der Waals surface area contributed by atoms with Crippen LogP contribution in [-0.2, 0) is 13.1 Å². The number of amides is 2. The highest BCUT2D eigenvalue weighted by Crippen LogP contribution is 2.16. The quantitative estimate of drug-likeness (QED) is 0.662. The van der Waals surface area contributed by atoms with Crippen LogP contribution in [0.1, 0.15) is 19.4 Å². The van der Waals surface area contributed by atoms with Gasteiger partial charge in [-0.25, -0.2) is 14.2 Å². The van der Waals surface area contributed by atoms with Crippen LogP contribution in [-0.4, -0.2) is 51.6 Å².